The predicted octanol–water partition coefficient (Wildman–Crippen LogP) is 2.28. The quantitative estimate of drug-likeness (QED) is 0.719. The Labute approximate surface area is 143 Å². The molecule has 23 heavy (non-hydrogen) atoms. The Morgan fingerprint density at radius 1 is 1.39 bits per heavy atom. The van der Waals surface area contributed by atoms with Gasteiger partial charge in [-0.1, -0.05) is 15.9 Å². The maximum atomic E-state index is 12.9. The number of hydrogen-bond acceptors (Lipinski definition) is 5. The van der Waals surface area contributed by atoms with Gasteiger partial charge in [-0.25, -0.2) is 13.1 Å². The summed E-state index contributed by atoms with van der Waals surface area (Å²) in [7, 11) is -0.131. The summed E-state index contributed by atoms with van der Waals surface area (Å²) in [5.74, 6) is -0.172. The van der Waals surface area contributed by atoms with Crippen LogP contribution in [-0.2, 0) is 22.6 Å². The van der Waals surface area contributed by atoms with Crippen molar-refractivity contribution in [1.82, 2.24) is 9.78 Å². The molecule has 0 bridgehead atoms. The number of benzene rings is 1. The number of sulfone groups is 1. The minimum Gasteiger partial charge on any atom is -0.481 e. The minimum absolute atomic E-state index is 0.213. The Balaban J connectivity index is 2.61. The SMILES string of the molecule is COc1c(C(=O)c2ccc(Br)cc2CS(C)(=O)=O)c(C)nn1C. The monoisotopic (exact) mass is 400 g/mol. The van der Waals surface area contributed by atoms with Crippen LogP contribution in [0.25, 0.3) is 0 Å². The van der Waals surface area contributed by atoms with E-state index >= 15 is 0 Å². The lowest BCUT2D eigenvalue weighted by molar-refractivity contribution is 0.103. The van der Waals surface area contributed by atoms with E-state index in [-0.39, 0.29) is 11.5 Å². The number of rotatable bonds is 5. The number of halogens is 1. The Kier molecular flexibility index (Phi) is 4.95. The number of aromatic nitrogens is 2. The maximum Gasteiger partial charge on any atom is 0.223 e. The third-order valence-electron chi connectivity index (χ3n) is 3.32. The van der Waals surface area contributed by atoms with Gasteiger partial charge in [0, 0.05) is 23.3 Å². The highest BCUT2D eigenvalue weighted by atomic mass is 79.9. The molecule has 2 aromatic rings. The molecule has 6 nitrogen and oxygen atoms in total. The number of hydrogen-bond donors (Lipinski definition) is 0. The Hall–Kier alpha value is -1.67. The maximum absolute atomic E-state index is 12.9. The molecule has 0 fully saturated rings. The van der Waals surface area contributed by atoms with Crippen molar-refractivity contribution in [3.63, 3.8) is 0 Å². The first-order valence-electron chi connectivity index (χ1n) is 6.72. The lowest BCUT2D eigenvalue weighted by Crippen LogP contribution is -2.11. The standard InChI is InChI=1S/C15H17BrN2O4S/c1-9-13(15(22-3)18(2)17-9)14(19)12-6-5-11(16)7-10(12)8-23(4,20)21/h5-7H,8H2,1-4H3. The van der Waals surface area contributed by atoms with Crippen LogP contribution in [0, 0.1) is 6.92 Å². The van der Waals surface area contributed by atoms with Crippen molar-refractivity contribution in [2.45, 2.75) is 12.7 Å². The molecule has 0 aliphatic rings. The molecule has 0 unspecified atom stereocenters. The van der Waals surface area contributed by atoms with Crippen LogP contribution in [0.3, 0.4) is 0 Å². The van der Waals surface area contributed by atoms with E-state index in [1.807, 2.05) is 0 Å². The second-order valence-electron chi connectivity index (χ2n) is 5.29. The van der Waals surface area contributed by atoms with Gasteiger partial charge in [-0.3, -0.25) is 4.79 Å². The minimum atomic E-state index is -3.28. The van der Waals surface area contributed by atoms with E-state index in [1.165, 1.54) is 11.8 Å². The highest BCUT2D eigenvalue weighted by Gasteiger charge is 2.25. The molecule has 0 amide bonds. The third-order valence-corrected chi connectivity index (χ3v) is 4.65. The fourth-order valence-corrected chi connectivity index (χ4v) is 3.67. The molecular formula is C15H17BrN2O4S. The topological polar surface area (TPSA) is 78.3 Å². The highest BCUT2D eigenvalue weighted by Crippen LogP contribution is 2.27. The van der Waals surface area contributed by atoms with Crippen molar-refractivity contribution < 1.29 is 17.9 Å². The van der Waals surface area contributed by atoms with Crippen LogP contribution in [0.5, 0.6) is 5.88 Å². The number of nitrogens with zero attached hydrogens (tertiary/aromatic N) is 2. The zero-order chi connectivity index (χ0) is 17.4. The number of carbonyl (C=O) groups is 1. The van der Waals surface area contributed by atoms with E-state index in [1.54, 1.807) is 32.2 Å². The molecule has 0 radical (unpaired) electrons. The van der Waals surface area contributed by atoms with Crippen LogP contribution < -0.4 is 4.74 Å². The van der Waals surface area contributed by atoms with Gasteiger partial charge in [0.05, 0.1) is 18.6 Å². The largest absolute Gasteiger partial charge is 0.481 e. The fraction of sp³-hybridized carbons (Fsp3) is 0.333. The lowest BCUT2D eigenvalue weighted by atomic mass is 9.99. The first-order valence-corrected chi connectivity index (χ1v) is 9.58. The van der Waals surface area contributed by atoms with Gasteiger partial charge < -0.3 is 4.74 Å². The molecule has 2 rings (SSSR count). The molecule has 1 heterocycles. The number of carbonyl (C=O) groups excluding carboxylic acids is 1. The van der Waals surface area contributed by atoms with Crippen LogP contribution >= 0.6 is 15.9 Å². The van der Waals surface area contributed by atoms with Gasteiger partial charge in [-0.15, -0.1) is 0 Å². The summed E-state index contributed by atoms with van der Waals surface area (Å²) >= 11 is 3.31. The summed E-state index contributed by atoms with van der Waals surface area (Å²) in [5, 5.41) is 4.19. The average Bonchev–Trinajstić information content (AvgIpc) is 2.70. The smallest absolute Gasteiger partial charge is 0.223 e. The number of ether oxygens (including phenoxy) is 1. The summed E-state index contributed by atoms with van der Waals surface area (Å²) in [6, 6.07) is 4.96. The molecule has 0 spiro atoms. The highest BCUT2D eigenvalue weighted by molar-refractivity contribution is 9.10. The molecule has 8 heteroatoms. The van der Waals surface area contributed by atoms with Gasteiger partial charge >= 0.3 is 0 Å². The van der Waals surface area contributed by atoms with Crippen LogP contribution in [-0.4, -0.2) is 37.3 Å². The third kappa shape index (κ3) is 3.81. The van der Waals surface area contributed by atoms with Gasteiger partial charge in [-0.05, 0) is 30.7 Å². The van der Waals surface area contributed by atoms with E-state index in [4.69, 9.17) is 4.74 Å². The molecular weight excluding hydrogens is 384 g/mol. The molecule has 1 aromatic heterocycles. The zero-order valence-electron chi connectivity index (χ0n) is 13.3. The Bertz CT molecular complexity index is 872. The summed E-state index contributed by atoms with van der Waals surface area (Å²) in [5.41, 5.74) is 1.64. The first-order chi connectivity index (χ1) is 10.6. The van der Waals surface area contributed by atoms with E-state index in [2.05, 4.69) is 21.0 Å². The van der Waals surface area contributed by atoms with Gasteiger partial charge in [0.1, 0.15) is 5.56 Å². The summed E-state index contributed by atoms with van der Waals surface area (Å²) in [6.07, 6.45) is 1.14. The normalized spacial score (nSPS) is 11.5. The van der Waals surface area contributed by atoms with Crippen LogP contribution in [0.4, 0.5) is 0 Å². The molecule has 0 atom stereocenters. The predicted molar refractivity (Wildman–Crippen MR) is 90.6 cm³/mol. The van der Waals surface area contributed by atoms with Gasteiger partial charge in [0.25, 0.3) is 0 Å². The van der Waals surface area contributed by atoms with E-state index < -0.39 is 9.84 Å². The van der Waals surface area contributed by atoms with Crippen molar-refractivity contribution in [1.29, 1.82) is 0 Å². The lowest BCUT2D eigenvalue weighted by Gasteiger charge is -2.10. The van der Waals surface area contributed by atoms with Gasteiger partial charge in [-0.2, -0.15) is 5.10 Å². The van der Waals surface area contributed by atoms with Crippen molar-refractivity contribution in [2.24, 2.45) is 7.05 Å². The summed E-state index contributed by atoms with van der Waals surface area (Å²) < 4.78 is 30.8. The van der Waals surface area contributed by atoms with Gasteiger partial charge in [0.2, 0.25) is 11.7 Å². The van der Waals surface area contributed by atoms with Crippen LogP contribution in [0.2, 0.25) is 0 Å². The molecule has 0 N–H and O–H groups in total. The molecule has 0 saturated heterocycles. The second-order valence-corrected chi connectivity index (χ2v) is 8.35. The number of methoxy groups -OCH3 is 1. The summed E-state index contributed by atoms with van der Waals surface area (Å²) in [6.45, 7) is 1.71. The van der Waals surface area contributed by atoms with E-state index in [9.17, 15) is 13.2 Å². The van der Waals surface area contributed by atoms with Gasteiger partial charge in [0.15, 0.2) is 9.84 Å². The Morgan fingerprint density at radius 2 is 2.04 bits per heavy atom. The van der Waals surface area contributed by atoms with Crippen molar-refractivity contribution >= 4 is 31.6 Å². The second kappa shape index (κ2) is 6.45. The molecule has 0 saturated carbocycles. The number of ketones is 1. The van der Waals surface area contributed by atoms with Crippen LogP contribution in [0.15, 0.2) is 22.7 Å². The van der Waals surface area contributed by atoms with Crippen molar-refractivity contribution in [3.05, 3.63) is 45.1 Å². The first kappa shape index (κ1) is 17.7. The van der Waals surface area contributed by atoms with E-state index in [0.29, 0.717) is 32.7 Å². The zero-order valence-corrected chi connectivity index (χ0v) is 15.7. The van der Waals surface area contributed by atoms with E-state index in [0.717, 1.165) is 6.26 Å². The molecule has 1 aromatic carbocycles. The average molecular weight is 401 g/mol. The van der Waals surface area contributed by atoms with Crippen molar-refractivity contribution in [3.8, 4) is 5.88 Å². The molecule has 124 valence electrons. The van der Waals surface area contributed by atoms with Crippen molar-refractivity contribution in [2.75, 3.05) is 13.4 Å². The van der Waals surface area contributed by atoms with Crippen LogP contribution in [0.1, 0.15) is 27.2 Å². The number of aryl methyl sites for hydroxylation is 2. The Morgan fingerprint density at radius 3 is 2.61 bits per heavy atom. The molecule has 0 aliphatic carbocycles. The fourth-order valence-electron chi connectivity index (χ4n) is 2.45. The summed E-state index contributed by atoms with van der Waals surface area (Å²) in [4.78, 5) is 12.9. The molecule has 0 aliphatic heterocycles.